The molecule has 2 aliphatic rings. The number of carbonyl (C=O) groups excluding carboxylic acids is 1. The van der Waals surface area contributed by atoms with Gasteiger partial charge in [-0.15, -0.1) is 0 Å². The first kappa shape index (κ1) is 15.6. The van der Waals surface area contributed by atoms with Crippen LogP contribution < -0.4 is 0 Å². The molecular formula is C18H28N2O2. The molecule has 4 heteroatoms. The molecule has 122 valence electrons. The van der Waals surface area contributed by atoms with Crippen LogP contribution in [0.3, 0.4) is 0 Å². The minimum atomic E-state index is 0.0597. The van der Waals surface area contributed by atoms with E-state index in [0.717, 1.165) is 50.2 Å². The van der Waals surface area contributed by atoms with E-state index in [2.05, 4.69) is 23.7 Å². The van der Waals surface area contributed by atoms with E-state index in [-0.39, 0.29) is 5.91 Å². The highest BCUT2D eigenvalue weighted by Gasteiger charge is 2.34. The molecule has 0 bridgehead atoms. The molecule has 1 aromatic rings. The number of likely N-dealkylation sites (tertiary alicyclic amines) is 1. The van der Waals surface area contributed by atoms with Crippen LogP contribution in [-0.4, -0.2) is 28.4 Å². The number of aromatic nitrogens is 1. The highest BCUT2D eigenvalue weighted by molar-refractivity contribution is 5.92. The molecule has 1 aliphatic heterocycles. The minimum Gasteiger partial charge on any atom is -0.435 e. The fraction of sp³-hybridized carbons (Fsp3) is 0.778. The molecule has 1 aliphatic carbocycles. The van der Waals surface area contributed by atoms with Gasteiger partial charge in [0, 0.05) is 18.5 Å². The molecule has 1 saturated heterocycles. The van der Waals surface area contributed by atoms with Crippen LogP contribution in [-0.2, 0) is 0 Å². The van der Waals surface area contributed by atoms with Gasteiger partial charge >= 0.3 is 0 Å². The molecule has 0 aromatic carbocycles. The van der Waals surface area contributed by atoms with Crippen molar-refractivity contribution in [3.63, 3.8) is 0 Å². The molecule has 1 aromatic heterocycles. The topological polar surface area (TPSA) is 46.3 Å². The largest absolute Gasteiger partial charge is 0.435 e. The monoisotopic (exact) mass is 304 g/mol. The summed E-state index contributed by atoms with van der Waals surface area (Å²) in [6, 6.07) is 0.351. The summed E-state index contributed by atoms with van der Waals surface area (Å²) in [5.41, 5.74) is 0.763. The molecule has 2 heterocycles. The second-order valence-electron chi connectivity index (χ2n) is 7.37. The van der Waals surface area contributed by atoms with Crippen molar-refractivity contribution >= 4 is 5.91 Å². The summed E-state index contributed by atoms with van der Waals surface area (Å²) >= 11 is 0. The van der Waals surface area contributed by atoms with Gasteiger partial charge in [0.1, 0.15) is 0 Å². The fourth-order valence-corrected chi connectivity index (χ4v) is 3.48. The average Bonchev–Trinajstić information content (AvgIpc) is 3.25. The van der Waals surface area contributed by atoms with Crippen LogP contribution in [0.25, 0.3) is 0 Å². The Labute approximate surface area is 133 Å². The maximum Gasteiger partial charge on any atom is 0.291 e. The Hall–Kier alpha value is -1.32. The first-order chi connectivity index (χ1) is 10.6. The molecule has 22 heavy (non-hydrogen) atoms. The summed E-state index contributed by atoms with van der Waals surface area (Å²) < 4.78 is 5.85. The standard InChI is InChI=1S/C18H28N2O2/c1-12(2)11-15-7-5-4-6-10-20(15)18(21)16-13(3)19-17(22-16)14-8-9-14/h12,14-15H,4-11H2,1-3H3. The lowest BCUT2D eigenvalue weighted by Crippen LogP contribution is -2.40. The summed E-state index contributed by atoms with van der Waals surface area (Å²) in [7, 11) is 0. The molecule has 0 N–H and O–H groups in total. The van der Waals surface area contributed by atoms with Crippen molar-refractivity contribution in [2.24, 2.45) is 5.92 Å². The van der Waals surface area contributed by atoms with Gasteiger partial charge in [0.15, 0.2) is 5.89 Å². The van der Waals surface area contributed by atoms with Gasteiger partial charge in [-0.05, 0) is 44.9 Å². The number of carbonyl (C=O) groups is 1. The van der Waals surface area contributed by atoms with Gasteiger partial charge < -0.3 is 9.32 Å². The van der Waals surface area contributed by atoms with E-state index in [0.29, 0.717) is 23.6 Å². The summed E-state index contributed by atoms with van der Waals surface area (Å²) in [5.74, 6) is 2.38. The zero-order valence-electron chi connectivity index (χ0n) is 14.1. The van der Waals surface area contributed by atoms with E-state index >= 15 is 0 Å². The molecule has 1 atom stereocenters. The number of amides is 1. The lowest BCUT2D eigenvalue weighted by Gasteiger charge is -2.30. The number of hydrogen-bond donors (Lipinski definition) is 0. The van der Waals surface area contributed by atoms with Gasteiger partial charge in [-0.25, -0.2) is 4.98 Å². The molecule has 2 fully saturated rings. The van der Waals surface area contributed by atoms with Crippen molar-refractivity contribution in [3.05, 3.63) is 17.3 Å². The average molecular weight is 304 g/mol. The van der Waals surface area contributed by atoms with Crippen LogP contribution in [0.1, 0.15) is 86.9 Å². The minimum absolute atomic E-state index is 0.0597. The second kappa shape index (κ2) is 6.43. The Morgan fingerprint density at radius 2 is 2.05 bits per heavy atom. The zero-order valence-corrected chi connectivity index (χ0v) is 14.1. The number of oxazole rings is 1. The van der Waals surface area contributed by atoms with Crippen LogP contribution in [0.2, 0.25) is 0 Å². The number of nitrogens with zero attached hydrogens (tertiary/aromatic N) is 2. The van der Waals surface area contributed by atoms with E-state index in [4.69, 9.17) is 4.42 Å². The third kappa shape index (κ3) is 3.36. The lowest BCUT2D eigenvalue weighted by molar-refractivity contribution is 0.0625. The van der Waals surface area contributed by atoms with E-state index in [1.165, 1.54) is 12.8 Å². The summed E-state index contributed by atoms with van der Waals surface area (Å²) in [4.78, 5) is 19.6. The van der Waals surface area contributed by atoms with Crippen molar-refractivity contribution in [3.8, 4) is 0 Å². The highest BCUT2D eigenvalue weighted by Crippen LogP contribution is 2.40. The Balaban J connectivity index is 1.80. The number of rotatable bonds is 4. The Bertz CT molecular complexity index is 531. The van der Waals surface area contributed by atoms with E-state index < -0.39 is 0 Å². The van der Waals surface area contributed by atoms with Gasteiger partial charge in [-0.1, -0.05) is 26.7 Å². The highest BCUT2D eigenvalue weighted by atomic mass is 16.4. The van der Waals surface area contributed by atoms with Crippen molar-refractivity contribution in [1.82, 2.24) is 9.88 Å². The van der Waals surface area contributed by atoms with E-state index in [1.54, 1.807) is 0 Å². The third-order valence-electron chi connectivity index (χ3n) is 4.82. The first-order valence-electron chi connectivity index (χ1n) is 8.84. The molecule has 3 rings (SSSR count). The predicted octanol–water partition coefficient (Wildman–Crippen LogP) is 4.29. The molecule has 0 spiro atoms. The van der Waals surface area contributed by atoms with Crippen molar-refractivity contribution in [2.45, 2.75) is 77.7 Å². The van der Waals surface area contributed by atoms with Crippen LogP contribution in [0, 0.1) is 12.8 Å². The summed E-state index contributed by atoms with van der Waals surface area (Å²) in [6.07, 6.45) is 8.04. The molecule has 1 unspecified atom stereocenters. The van der Waals surface area contributed by atoms with Crippen molar-refractivity contribution < 1.29 is 9.21 Å². The molecular weight excluding hydrogens is 276 g/mol. The summed E-state index contributed by atoms with van der Waals surface area (Å²) in [6.45, 7) is 7.23. The van der Waals surface area contributed by atoms with Crippen molar-refractivity contribution in [1.29, 1.82) is 0 Å². The second-order valence-corrected chi connectivity index (χ2v) is 7.37. The molecule has 1 saturated carbocycles. The van der Waals surface area contributed by atoms with Gasteiger partial charge in [-0.2, -0.15) is 0 Å². The van der Waals surface area contributed by atoms with Crippen LogP contribution in [0.15, 0.2) is 4.42 Å². The quantitative estimate of drug-likeness (QED) is 0.833. The van der Waals surface area contributed by atoms with Gasteiger partial charge in [0.25, 0.3) is 5.91 Å². The summed E-state index contributed by atoms with van der Waals surface area (Å²) in [5, 5.41) is 0. The maximum absolute atomic E-state index is 13.0. The fourth-order valence-electron chi connectivity index (χ4n) is 3.48. The lowest BCUT2D eigenvalue weighted by atomic mass is 9.98. The maximum atomic E-state index is 13.0. The van der Waals surface area contributed by atoms with Crippen LogP contribution in [0.5, 0.6) is 0 Å². The predicted molar refractivity (Wildman–Crippen MR) is 86.0 cm³/mol. The Kier molecular flexibility index (Phi) is 4.55. The zero-order chi connectivity index (χ0) is 15.7. The van der Waals surface area contributed by atoms with Gasteiger partial charge in [-0.3, -0.25) is 4.79 Å². The molecule has 0 radical (unpaired) electrons. The first-order valence-corrected chi connectivity index (χ1v) is 8.84. The third-order valence-corrected chi connectivity index (χ3v) is 4.82. The Morgan fingerprint density at radius 3 is 2.73 bits per heavy atom. The molecule has 1 amide bonds. The van der Waals surface area contributed by atoms with Gasteiger partial charge in [0.2, 0.25) is 5.76 Å². The molecule has 4 nitrogen and oxygen atoms in total. The Morgan fingerprint density at radius 1 is 1.27 bits per heavy atom. The van der Waals surface area contributed by atoms with Crippen LogP contribution in [0.4, 0.5) is 0 Å². The normalized spacial score (nSPS) is 22.9. The van der Waals surface area contributed by atoms with Crippen LogP contribution >= 0.6 is 0 Å². The SMILES string of the molecule is Cc1nc(C2CC2)oc1C(=O)N1CCCCCC1CC(C)C. The van der Waals surface area contributed by atoms with E-state index in [9.17, 15) is 4.79 Å². The smallest absolute Gasteiger partial charge is 0.291 e. The van der Waals surface area contributed by atoms with Gasteiger partial charge in [0.05, 0.1) is 5.69 Å². The van der Waals surface area contributed by atoms with E-state index in [1.807, 2.05) is 6.92 Å². The number of hydrogen-bond acceptors (Lipinski definition) is 3. The van der Waals surface area contributed by atoms with Crippen molar-refractivity contribution in [2.75, 3.05) is 6.54 Å². The number of aryl methyl sites for hydroxylation is 1.